The first-order chi connectivity index (χ1) is 17.9. The molecule has 0 saturated carbocycles. The van der Waals surface area contributed by atoms with Crippen LogP contribution in [-0.4, -0.2) is 42.7 Å². The summed E-state index contributed by atoms with van der Waals surface area (Å²) in [5, 5.41) is 0.533. The monoisotopic (exact) mass is 580 g/mol. The van der Waals surface area contributed by atoms with Crippen LogP contribution >= 0.6 is 27.7 Å². The standard InChI is InChI=1S/C28H25BrN2O5S/c1-4-35-27(33)19-10-12-21(13-11-19)30-28-31(2)26(32)25(37-28)15-20-14-23(34-3)24(16-22(20)29)36-17-18-8-6-5-7-9-18/h5-16H,4,17H2,1-3H3/b25-15-,30-28?. The maximum atomic E-state index is 12.9. The van der Waals surface area contributed by atoms with Crippen molar-refractivity contribution in [2.75, 3.05) is 20.8 Å². The topological polar surface area (TPSA) is 77.4 Å². The number of amidine groups is 1. The van der Waals surface area contributed by atoms with Crippen molar-refractivity contribution in [3.63, 3.8) is 0 Å². The quantitative estimate of drug-likeness (QED) is 0.225. The van der Waals surface area contributed by atoms with Gasteiger partial charge in [-0.05, 0) is 72.3 Å². The molecule has 1 aliphatic heterocycles. The molecule has 1 heterocycles. The summed E-state index contributed by atoms with van der Waals surface area (Å²) in [5.41, 5.74) is 2.89. The molecule has 0 unspecified atom stereocenters. The van der Waals surface area contributed by atoms with Crippen LogP contribution in [-0.2, 0) is 16.1 Å². The number of aliphatic imine (C=N–C) groups is 1. The van der Waals surface area contributed by atoms with Gasteiger partial charge in [0, 0.05) is 11.5 Å². The summed E-state index contributed by atoms with van der Waals surface area (Å²) < 4.78 is 17.3. The van der Waals surface area contributed by atoms with E-state index in [1.54, 1.807) is 51.4 Å². The molecule has 0 aliphatic carbocycles. The molecule has 3 aromatic carbocycles. The number of carbonyl (C=O) groups is 2. The number of ether oxygens (including phenoxy) is 3. The Morgan fingerprint density at radius 2 is 1.81 bits per heavy atom. The minimum absolute atomic E-state index is 0.165. The van der Waals surface area contributed by atoms with E-state index in [0.29, 0.717) is 46.0 Å². The van der Waals surface area contributed by atoms with E-state index in [-0.39, 0.29) is 11.9 Å². The van der Waals surface area contributed by atoms with Crippen molar-refractivity contribution in [2.24, 2.45) is 4.99 Å². The lowest BCUT2D eigenvalue weighted by molar-refractivity contribution is -0.121. The molecular formula is C28H25BrN2O5S. The van der Waals surface area contributed by atoms with E-state index in [1.807, 2.05) is 42.5 Å². The van der Waals surface area contributed by atoms with Crippen LogP contribution in [0.5, 0.6) is 11.5 Å². The van der Waals surface area contributed by atoms with E-state index in [9.17, 15) is 9.59 Å². The number of methoxy groups -OCH3 is 1. The van der Waals surface area contributed by atoms with Crippen LogP contribution in [0.2, 0.25) is 0 Å². The third-order valence-corrected chi connectivity index (χ3v) is 7.16. The molecule has 1 aliphatic rings. The van der Waals surface area contributed by atoms with Gasteiger partial charge in [-0.2, -0.15) is 0 Å². The summed E-state index contributed by atoms with van der Waals surface area (Å²) in [4.78, 5) is 31.4. The Morgan fingerprint density at radius 3 is 2.49 bits per heavy atom. The number of thioether (sulfide) groups is 1. The van der Waals surface area contributed by atoms with E-state index in [0.717, 1.165) is 15.6 Å². The smallest absolute Gasteiger partial charge is 0.338 e. The number of amides is 1. The number of carbonyl (C=O) groups excluding carboxylic acids is 2. The first-order valence-corrected chi connectivity index (χ1v) is 13.1. The molecule has 37 heavy (non-hydrogen) atoms. The maximum absolute atomic E-state index is 12.9. The molecule has 190 valence electrons. The number of benzene rings is 3. The molecule has 0 radical (unpaired) electrons. The van der Waals surface area contributed by atoms with E-state index >= 15 is 0 Å². The number of halogens is 1. The summed E-state index contributed by atoms with van der Waals surface area (Å²) in [6, 6.07) is 20.3. The summed E-state index contributed by atoms with van der Waals surface area (Å²) in [5.74, 6) is 0.607. The van der Waals surface area contributed by atoms with Gasteiger partial charge in [0.05, 0.1) is 29.9 Å². The first-order valence-electron chi connectivity index (χ1n) is 11.5. The number of esters is 1. The van der Waals surface area contributed by atoms with Gasteiger partial charge in [0.1, 0.15) is 6.61 Å². The zero-order valence-corrected chi connectivity index (χ0v) is 23.0. The Kier molecular flexibility index (Phi) is 8.68. The summed E-state index contributed by atoms with van der Waals surface area (Å²) in [6.45, 7) is 2.48. The lowest BCUT2D eigenvalue weighted by Crippen LogP contribution is -2.23. The normalized spacial score (nSPS) is 15.4. The van der Waals surface area contributed by atoms with Gasteiger partial charge in [-0.15, -0.1) is 0 Å². The van der Waals surface area contributed by atoms with Crippen LogP contribution in [0.15, 0.2) is 81.1 Å². The number of rotatable bonds is 8. The molecule has 4 rings (SSSR count). The van der Waals surface area contributed by atoms with Crippen LogP contribution in [0.4, 0.5) is 5.69 Å². The third kappa shape index (κ3) is 6.42. The molecule has 0 N–H and O–H groups in total. The molecule has 0 spiro atoms. The largest absolute Gasteiger partial charge is 0.493 e. The molecule has 3 aromatic rings. The van der Waals surface area contributed by atoms with E-state index in [1.165, 1.54) is 16.7 Å². The predicted molar refractivity (Wildman–Crippen MR) is 149 cm³/mol. The highest BCUT2D eigenvalue weighted by Gasteiger charge is 2.30. The third-order valence-electron chi connectivity index (χ3n) is 5.41. The molecule has 1 saturated heterocycles. The molecule has 0 bridgehead atoms. The fourth-order valence-corrected chi connectivity index (χ4v) is 4.87. The Morgan fingerprint density at radius 1 is 1.08 bits per heavy atom. The van der Waals surface area contributed by atoms with E-state index in [4.69, 9.17) is 14.2 Å². The molecule has 0 aromatic heterocycles. The number of hydrogen-bond donors (Lipinski definition) is 0. The van der Waals surface area contributed by atoms with Crippen molar-refractivity contribution in [2.45, 2.75) is 13.5 Å². The molecule has 1 fully saturated rings. The molecular weight excluding hydrogens is 556 g/mol. The molecule has 9 heteroatoms. The van der Waals surface area contributed by atoms with Crippen molar-refractivity contribution in [3.8, 4) is 11.5 Å². The van der Waals surface area contributed by atoms with Crippen molar-refractivity contribution < 1.29 is 23.8 Å². The highest BCUT2D eigenvalue weighted by atomic mass is 79.9. The van der Waals surface area contributed by atoms with Gasteiger partial charge >= 0.3 is 5.97 Å². The van der Waals surface area contributed by atoms with Gasteiger partial charge in [-0.1, -0.05) is 46.3 Å². The van der Waals surface area contributed by atoms with Crippen molar-refractivity contribution >= 4 is 56.5 Å². The van der Waals surface area contributed by atoms with E-state index in [2.05, 4.69) is 20.9 Å². The van der Waals surface area contributed by atoms with Crippen molar-refractivity contribution in [1.82, 2.24) is 4.90 Å². The minimum Gasteiger partial charge on any atom is -0.493 e. The summed E-state index contributed by atoms with van der Waals surface area (Å²) in [7, 11) is 3.26. The van der Waals surface area contributed by atoms with Crippen LogP contribution in [0.3, 0.4) is 0 Å². The second-order valence-electron chi connectivity index (χ2n) is 7.94. The van der Waals surface area contributed by atoms with Gasteiger partial charge in [0.2, 0.25) is 0 Å². The highest BCUT2D eigenvalue weighted by Crippen LogP contribution is 2.38. The van der Waals surface area contributed by atoms with Crippen LogP contribution in [0.25, 0.3) is 6.08 Å². The molecule has 1 amide bonds. The molecule has 7 nitrogen and oxygen atoms in total. The lowest BCUT2D eigenvalue weighted by Gasteiger charge is -2.13. The highest BCUT2D eigenvalue weighted by molar-refractivity contribution is 9.10. The minimum atomic E-state index is -0.382. The Labute approximate surface area is 228 Å². The molecule has 0 atom stereocenters. The first kappa shape index (κ1) is 26.5. The number of hydrogen-bond acceptors (Lipinski definition) is 7. The fourth-order valence-electron chi connectivity index (χ4n) is 3.46. The van der Waals surface area contributed by atoms with Crippen molar-refractivity contribution in [1.29, 1.82) is 0 Å². The zero-order chi connectivity index (χ0) is 26.4. The van der Waals surface area contributed by atoms with E-state index < -0.39 is 0 Å². The SMILES string of the molecule is CCOC(=O)c1ccc(N=C2S/C(=C\c3cc(OC)c(OCc4ccccc4)cc3Br)C(=O)N2C)cc1. The summed E-state index contributed by atoms with van der Waals surface area (Å²) >= 11 is 4.87. The second-order valence-corrected chi connectivity index (χ2v) is 9.80. The van der Waals surface area contributed by atoms with Gasteiger partial charge < -0.3 is 14.2 Å². The van der Waals surface area contributed by atoms with Gasteiger partial charge in [-0.3, -0.25) is 9.69 Å². The van der Waals surface area contributed by atoms with Crippen LogP contribution in [0, 0.1) is 0 Å². The van der Waals surface area contributed by atoms with Crippen LogP contribution < -0.4 is 9.47 Å². The van der Waals surface area contributed by atoms with Crippen LogP contribution in [0.1, 0.15) is 28.4 Å². The van der Waals surface area contributed by atoms with Gasteiger partial charge in [-0.25, -0.2) is 9.79 Å². The average Bonchev–Trinajstić information content (AvgIpc) is 3.17. The Hall–Kier alpha value is -3.56. The number of nitrogens with zero attached hydrogens (tertiary/aromatic N) is 2. The average molecular weight is 581 g/mol. The van der Waals surface area contributed by atoms with Gasteiger partial charge in [0.25, 0.3) is 5.91 Å². The summed E-state index contributed by atoms with van der Waals surface area (Å²) in [6.07, 6.45) is 1.80. The second kappa shape index (κ2) is 12.1. The predicted octanol–water partition coefficient (Wildman–Crippen LogP) is 6.45. The maximum Gasteiger partial charge on any atom is 0.338 e. The Bertz CT molecular complexity index is 1360. The Balaban J connectivity index is 1.53. The number of likely N-dealkylation sites (N-methyl/N-ethyl adjacent to an activating group) is 1. The zero-order valence-electron chi connectivity index (χ0n) is 20.6. The van der Waals surface area contributed by atoms with Crippen molar-refractivity contribution in [3.05, 3.63) is 92.8 Å². The fraction of sp³-hybridized carbons (Fsp3) is 0.179. The lowest BCUT2D eigenvalue weighted by atomic mass is 10.1. The van der Waals surface area contributed by atoms with Gasteiger partial charge in [0.15, 0.2) is 16.7 Å².